The van der Waals surface area contributed by atoms with Crippen molar-refractivity contribution in [1.82, 2.24) is 4.98 Å². The third kappa shape index (κ3) is 0.954. The molecule has 0 fully saturated rings. The van der Waals surface area contributed by atoms with Crippen LogP contribution in [0.4, 0.5) is 0 Å². The minimum Gasteiger partial charge on any atom is -0.435 e. The highest BCUT2D eigenvalue weighted by Crippen LogP contribution is 2.43. The number of nitrogens with zero attached hydrogens (tertiary/aromatic N) is 3. The van der Waals surface area contributed by atoms with Crippen LogP contribution in [0.2, 0.25) is 0 Å². The molecule has 13 heavy (non-hydrogen) atoms. The largest absolute Gasteiger partial charge is 0.435 e. The third-order valence-corrected chi connectivity index (χ3v) is 2.15. The summed E-state index contributed by atoms with van der Waals surface area (Å²) < 4.78 is 5.36. The van der Waals surface area contributed by atoms with E-state index >= 15 is 0 Å². The van der Waals surface area contributed by atoms with E-state index in [-0.39, 0.29) is 0 Å². The van der Waals surface area contributed by atoms with Crippen molar-refractivity contribution in [3.05, 3.63) is 30.2 Å². The molecule has 0 N–H and O–H groups in total. The molecule has 1 aliphatic heterocycles. The molecule has 1 aliphatic rings. The van der Waals surface area contributed by atoms with Gasteiger partial charge in [-0.2, -0.15) is 0 Å². The Hall–Kier alpha value is -1.42. The Bertz CT molecular complexity index is 466. The van der Waals surface area contributed by atoms with Crippen LogP contribution in [-0.4, -0.2) is 4.98 Å². The first-order valence-corrected chi connectivity index (χ1v) is 4.15. The summed E-state index contributed by atoms with van der Waals surface area (Å²) >= 11 is 5.85. The number of halogens is 1. The molecule has 0 atom stereocenters. The molecule has 0 unspecified atom stereocenters. The zero-order valence-corrected chi connectivity index (χ0v) is 7.19. The van der Waals surface area contributed by atoms with E-state index in [9.17, 15) is 0 Å². The molecule has 2 aromatic rings. The molecule has 3 rings (SSSR count). The Kier molecular flexibility index (Phi) is 1.13. The van der Waals surface area contributed by atoms with Crippen LogP contribution in [0, 0.1) is 0 Å². The van der Waals surface area contributed by atoms with E-state index in [0.717, 1.165) is 5.52 Å². The number of rotatable bonds is 1. The van der Waals surface area contributed by atoms with E-state index in [2.05, 4.69) is 15.2 Å². The Balaban J connectivity index is 2.22. The number of alkyl halides is 1. The predicted octanol–water partition coefficient (Wildman–Crippen LogP) is 2.64. The fourth-order valence-electron chi connectivity index (χ4n) is 1.14. The van der Waals surface area contributed by atoms with Crippen molar-refractivity contribution in [3.8, 4) is 0 Å². The molecular weight excluding hydrogens is 190 g/mol. The summed E-state index contributed by atoms with van der Waals surface area (Å²) in [6.45, 7) is 0. The Morgan fingerprint density at radius 1 is 1.23 bits per heavy atom. The van der Waals surface area contributed by atoms with Gasteiger partial charge >= 0.3 is 5.12 Å². The van der Waals surface area contributed by atoms with Gasteiger partial charge in [-0.25, -0.2) is 4.98 Å². The van der Waals surface area contributed by atoms with Gasteiger partial charge in [0.15, 0.2) is 5.58 Å². The van der Waals surface area contributed by atoms with Crippen molar-refractivity contribution >= 4 is 22.7 Å². The molecule has 0 saturated heterocycles. The van der Waals surface area contributed by atoms with Gasteiger partial charge in [0, 0.05) is 0 Å². The van der Waals surface area contributed by atoms with Crippen LogP contribution in [0.25, 0.3) is 11.1 Å². The average Bonchev–Trinajstić information content (AvgIpc) is 2.76. The lowest BCUT2D eigenvalue weighted by molar-refractivity contribution is 0.507. The van der Waals surface area contributed by atoms with Crippen molar-refractivity contribution in [2.45, 2.75) is 5.12 Å². The van der Waals surface area contributed by atoms with Gasteiger partial charge in [-0.15, -0.1) is 10.2 Å². The molecule has 1 aromatic carbocycles. The van der Waals surface area contributed by atoms with Gasteiger partial charge in [-0.3, -0.25) is 0 Å². The van der Waals surface area contributed by atoms with E-state index in [0.29, 0.717) is 11.5 Å². The fourth-order valence-corrected chi connectivity index (χ4v) is 1.26. The number of aromatic nitrogens is 1. The highest BCUT2D eigenvalue weighted by Gasteiger charge is 2.45. The van der Waals surface area contributed by atoms with Crippen LogP contribution >= 0.6 is 11.6 Å². The number of para-hydroxylation sites is 2. The molecule has 0 radical (unpaired) electrons. The molecule has 0 aliphatic carbocycles. The normalized spacial score (nSPS) is 17.9. The zero-order chi connectivity index (χ0) is 8.89. The first-order chi connectivity index (χ1) is 6.28. The molecule has 2 heterocycles. The lowest BCUT2D eigenvalue weighted by Gasteiger charge is -1.90. The number of hydrogen-bond acceptors (Lipinski definition) is 4. The van der Waals surface area contributed by atoms with Gasteiger partial charge in [0.25, 0.3) is 5.89 Å². The molecule has 0 amide bonds. The summed E-state index contributed by atoms with van der Waals surface area (Å²) in [7, 11) is 0. The standard InChI is InChI=1S/C8H4ClN3O/c9-8(11-12-8)7-10-5-3-1-2-4-6(5)13-7/h1-4H. The Morgan fingerprint density at radius 2 is 2.00 bits per heavy atom. The maximum atomic E-state index is 5.85. The Morgan fingerprint density at radius 3 is 2.69 bits per heavy atom. The number of hydrogen-bond donors (Lipinski definition) is 0. The van der Waals surface area contributed by atoms with Crippen LogP contribution < -0.4 is 0 Å². The average molecular weight is 194 g/mol. The molecule has 64 valence electrons. The van der Waals surface area contributed by atoms with Gasteiger partial charge in [0.1, 0.15) is 5.52 Å². The molecule has 0 spiro atoms. The molecule has 0 saturated carbocycles. The lowest BCUT2D eigenvalue weighted by atomic mass is 10.3. The quantitative estimate of drug-likeness (QED) is 0.516. The predicted molar refractivity (Wildman–Crippen MR) is 46.4 cm³/mol. The topological polar surface area (TPSA) is 50.8 Å². The van der Waals surface area contributed by atoms with Gasteiger partial charge in [0.2, 0.25) is 0 Å². The van der Waals surface area contributed by atoms with Gasteiger partial charge in [-0.05, 0) is 12.1 Å². The summed E-state index contributed by atoms with van der Waals surface area (Å²) in [6.07, 6.45) is 0. The summed E-state index contributed by atoms with van der Waals surface area (Å²) in [5.74, 6) is 0.343. The monoisotopic (exact) mass is 193 g/mol. The van der Waals surface area contributed by atoms with E-state index in [1.807, 2.05) is 24.3 Å². The molecule has 1 aromatic heterocycles. The van der Waals surface area contributed by atoms with E-state index in [1.165, 1.54) is 0 Å². The first-order valence-electron chi connectivity index (χ1n) is 3.77. The van der Waals surface area contributed by atoms with Crippen molar-refractivity contribution in [1.29, 1.82) is 0 Å². The van der Waals surface area contributed by atoms with Gasteiger partial charge in [-0.1, -0.05) is 23.7 Å². The smallest absolute Gasteiger partial charge is 0.338 e. The SMILES string of the molecule is ClC1(c2nc3ccccc3o2)N=N1. The van der Waals surface area contributed by atoms with Crippen molar-refractivity contribution in [2.24, 2.45) is 10.2 Å². The minimum atomic E-state index is -1.04. The second-order valence-electron chi connectivity index (χ2n) is 2.77. The maximum Gasteiger partial charge on any atom is 0.338 e. The maximum absolute atomic E-state index is 5.85. The highest BCUT2D eigenvalue weighted by atomic mass is 35.5. The number of oxazole rings is 1. The summed E-state index contributed by atoms with van der Waals surface area (Å²) in [6, 6.07) is 7.44. The van der Waals surface area contributed by atoms with Crippen LogP contribution in [0.15, 0.2) is 38.9 Å². The lowest BCUT2D eigenvalue weighted by Crippen LogP contribution is -1.96. The zero-order valence-electron chi connectivity index (χ0n) is 6.44. The van der Waals surface area contributed by atoms with E-state index in [4.69, 9.17) is 16.0 Å². The van der Waals surface area contributed by atoms with Crippen molar-refractivity contribution in [3.63, 3.8) is 0 Å². The second kappa shape index (κ2) is 2.09. The van der Waals surface area contributed by atoms with Gasteiger partial charge < -0.3 is 4.42 Å². The first kappa shape index (κ1) is 7.03. The van der Waals surface area contributed by atoms with Crippen LogP contribution in [0.3, 0.4) is 0 Å². The van der Waals surface area contributed by atoms with Crippen molar-refractivity contribution < 1.29 is 4.42 Å². The van der Waals surface area contributed by atoms with Crippen LogP contribution in [0.5, 0.6) is 0 Å². The number of fused-ring (bicyclic) bond motifs is 1. The second-order valence-corrected chi connectivity index (χ2v) is 3.30. The molecule has 5 heteroatoms. The third-order valence-electron chi connectivity index (χ3n) is 1.84. The van der Waals surface area contributed by atoms with Crippen LogP contribution in [0.1, 0.15) is 5.89 Å². The fraction of sp³-hybridized carbons (Fsp3) is 0.125. The number of benzene rings is 1. The molecular formula is C8H4ClN3O. The molecule has 0 bridgehead atoms. The highest BCUT2D eigenvalue weighted by molar-refractivity contribution is 6.24. The van der Waals surface area contributed by atoms with Gasteiger partial charge in [0.05, 0.1) is 0 Å². The van der Waals surface area contributed by atoms with E-state index < -0.39 is 5.12 Å². The summed E-state index contributed by atoms with van der Waals surface area (Å²) in [5.41, 5.74) is 1.48. The summed E-state index contributed by atoms with van der Waals surface area (Å²) in [5, 5.41) is 6.23. The Labute approximate surface area is 78.2 Å². The van der Waals surface area contributed by atoms with Crippen molar-refractivity contribution in [2.75, 3.05) is 0 Å². The summed E-state index contributed by atoms with van der Waals surface area (Å²) in [4.78, 5) is 4.16. The molecule has 4 nitrogen and oxygen atoms in total. The minimum absolute atomic E-state index is 0.343. The van der Waals surface area contributed by atoms with Crippen LogP contribution in [-0.2, 0) is 5.12 Å². The van der Waals surface area contributed by atoms with E-state index in [1.54, 1.807) is 0 Å².